The zero-order valence-corrected chi connectivity index (χ0v) is 11.9. The molecular weight excluding hydrogens is 280 g/mol. The fourth-order valence-electron chi connectivity index (χ4n) is 2.10. The van der Waals surface area contributed by atoms with Crippen molar-refractivity contribution in [1.29, 1.82) is 0 Å². The first kappa shape index (κ1) is 14.2. The van der Waals surface area contributed by atoms with Crippen LogP contribution >= 0.6 is 0 Å². The molecule has 5 nitrogen and oxygen atoms in total. The number of aromatic nitrogens is 2. The average molecular weight is 294 g/mol. The minimum Gasteiger partial charge on any atom is -0.417 e. The summed E-state index contributed by atoms with van der Waals surface area (Å²) in [7, 11) is 0. The number of aliphatic hydroxyl groups is 1. The van der Waals surface area contributed by atoms with Crippen LogP contribution < -0.4 is 0 Å². The van der Waals surface area contributed by atoms with Gasteiger partial charge in [0, 0.05) is 11.1 Å². The van der Waals surface area contributed by atoms with E-state index in [1.807, 2.05) is 31.2 Å². The van der Waals surface area contributed by atoms with Gasteiger partial charge in [0.15, 0.2) is 6.10 Å². The number of hydrogen-bond acceptors (Lipinski definition) is 5. The monoisotopic (exact) mass is 294 g/mol. The van der Waals surface area contributed by atoms with E-state index in [2.05, 4.69) is 10.2 Å². The van der Waals surface area contributed by atoms with E-state index < -0.39 is 6.10 Å². The van der Waals surface area contributed by atoms with Crippen molar-refractivity contribution >= 4 is 6.29 Å². The Kier molecular flexibility index (Phi) is 3.80. The van der Waals surface area contributed by atoms with Crippen LogP contribution in [-0.2, 0) is 0 Å². The number of benzene rings is 2. The standard InChI is InChI=1S/C17H14N2O3/c1-11-5-7-13(8-6-11)16-18-19-17(22-16)15(21)14-4-2-3-12(9-14)10-20/h2-10,15,21H,1H3. The van der Waals surface area contributed by atoms with Crippen molar-refractivity contribution in [3.63, 3.8) is 0 Å². The van der Waals surface area contributed by atoms with Crippen LogP contribution in [0, 0.1) is 6.92 Å². The highest BCUT2D eigenvalue weighted by Gasteiger charge is 2.18. The molecule has 0 radical (unpaired) electrons. The molecule has 110 valence electrons. The number of carbonyl (C=O) groups is 1. The van der Waals surface area contributed by atoms with Gasteiger partial charge in [-0.15, -0.1) is 10.2 Å². The van der Waals surface area contributed by atoms with Crippen LogP contribution in [0.1, 0.15) is 33.5 Å². The molecule has 0 saturated heterocycles. The van der Waals surface area contributed by atoms with E-state index in [9.17, 15) is 9.90 Å². The van der Waals surface area contributed by atoms with Crippen LogP contribution in [0.4, 0.5) is 0 Å². The summed E-state index contributed by atoms with van der Waals surface area (Å²) < 4.78 is 5.54. The highest BCUT2D eigenvalue weighted by atomic mass is 16.4. The Morgan fingerprint density at radius 3 is 2.64 bits per heavy atom. The SMILES string of the molecule is Cc1ccc(-c2nnc(C(O)c3cccc(C=O)c3)o2)cc1. The third kappa shape index (κ3) is 2.80. The first-order chi connectivity index (χ1) is 10.7. The molecule has 3 aromatic rings. The number of aldehydes is 1. The predicted molar refractivity (Wildman–Crippen MR) is 80.4 cm³/mol. The largest absolute Gasteiger partial charge is 0.417 e. The van der Waals surface area contributed by atoms with Gasteiger partial charge < -0.3 is 9.52 Å². The lowest BCUT2D eigenvalue weighted by Gasteiger charge is -2.06. The molecule has 0 amide bonds. The van der Waals surface area contributed by atoms with Crippen molar-refractivity contribution in [2.75, 3.05) is 0 Å². The second-order valence-corrected chi connectivity index (χ2v) is 5.00. The lowest BCUT2D eigenvalue weighted by molar-refractivity contribution is 0.112. The summed E-state index contributed by atoms with van der Waals surface area (Å²) in [6.07, 6.45) is -0.339. The minimum absolute atomic E-state index is 0.0959. The number of hydrogen-bond donors (Lipinski definition) is 1. The molecule has 0 aliphatic carbocycles. The Hall–Kier alpha value is -2.79. The van der Waals surface area contributed by atoms with Crippen LogP contribution in [0.2, 0.25) is 0 Å². The lowest BCUT2D eigenvalue weighted by Crippen LogP contribution is -2.00. The van der Waals surface area contributed by atoms with Gasteiger partial charge in [-0.2, -0.15) is 0 Å². The molecule has 1 unspecified atom stereocenters. The van der Waals surface area contributed by atoms with Crippen molar-refractivity contribution in [2.45, 2.75) is 13.0 Å². The molecule has 0 bridgehead atoms. The van der Waals surface area contributed by atoms with Gasteiger partial charge in [-0.25, -0.2) is 0 Å². The zero-order valence-electron chi connectivity index (χ0n) is 11.9. The van der Waals surface area contributed by atoms with Crippen LogP contribution in [-0.4, -0.2) is 21.6 Å². The van der Waals surface area contributed by atoms with Gasteiger partial charge in [0.2, 0.25) is 11.8 Å². The van der Waals surface area contributed by atoms with Crippen LogP contribution in [0.25, 0.3) is 11.5 Å². The van der Waals surface area contributed by atoms with E-state index in [4.69, 9.17) is 4.42 Å². The molecule has 1 aromatic heterocycles. The summed E-state index contributed by atoms with van der Waals surface area (Å²) in [6, 6.07) is 14.3. The van der Waals surface area contributed by atoms with Gasteiger partial charge in [0.25, 0.3) is 0 Å². The van der Waals surface area contributed by atoms with Crippen LogP contribution in [0.15, 0.2) is 52.9 Å². The third-order valence-electron chi connectivity index (χ3n) is 3.34. The summed E-state index contributed by atoms with van der Waals surface area (Å²) in [4.78, 5) is 10.8. The quantitative estimate of drug-likeness (QED) is 0.749. The smallest absolute Gasteiger partial charge is 0.249 e. The highest BCUT2D eigenvalue weighted by molar-refractivity contribution is 5.75. The Balaban J connectivity index is 1.89. The predicted octanol–water partition coefficient (Wildman–Crippen LogP) is 2.94. The Bertz CT molecular complexity index is 794. The van der Waals surface area contributed by atoms with Gasteiger partial charge in [0.1, 0.15) is 6.29 Å². The van der Waals surface area contributed by atoms with Crippen molar-refractivity contribution in [2.24, 2.45) is 0 Å². The van der Waals surface area contributed by atoms with E-state index in [1.54, 1.807) is 24.3 Å². The van der Waals surface area contributed by atoms with E-state index in [0.29, 0.717) is 17.0 Å². The second kappa shape index (κ2) is 5.91. The van der Waals surface area contributed by atoms with Crippen molar-refractivity contribution in [3.05, 3.63) is 71.1 Å². The Morgan fingerprint density at radius 2 is 1.91 bits per heavy atom. The maximum Gasteiger partial charge on any atom is 0.249 e. The van der Waals surface area contributed by atoms with Crippen LogP contribution in [0.3, 0.4) is 0 Å². The van der Waals surface area contributed by atoms with Crippen molar-refractivity contribution in [3.8, 4) is 11.5 Å². The van der Waals surface area contributed by atoms with Gasteiger partial charge in [0.05, 0.1) is 0 Å². The third-order valence-corrected chi connectivity index (χ3v) is 3.34. The molecule has 1 N–H and O–H groups in total. The molecule has 5 heteroatoms. The molecule has 3 rings (SSSR count). The number of aryl methyl sites for hydroxylation is 1. The van der Waals surface area contributed by atoms with E-state index in [0.717, 1.165) is 17.4 Å². The molecular formula is C17H14N2O3. The first-order valence-corrected chi connectivity index (χ1v) is 6.81. The molecule has 0 saturated carbocycles. The number of carbonyl (C=O) groups excluding carboxylic acids is 1. The molecule has 0 spiro atoms. The van der Waals surface area contributed by atoms with Crippen LogP contribution in [0.5, 0.6) is 0 Å². The average Bonchev–Trinajstić information content (AvgIpc) is 3.05. The first-order valence-electron chi connectivity index (χ1n) is 6.81. The summed E-state index contributed by atoms with van der Waals surface area (Å²) >= 11 is 0. The van der Waals surface area contributed by atoms with Gasteiger partial charge in [-0.3, -0.25) is 4.79 Å². The normalized spacial score (nSPS) is 12.1. The molecule has 0 aliphatic heterocycles. The van der Waals surface area contributed by atoms with Crippen molar-refractivity contribution in [1.82, 2.24) is 10.2 Å². The topological polar surface area (TPSA) is 76.2 Å². The summed E-state index contributed by atoms with van der Waals surface area (Å²) in [5.74, 6) is 0.444. The fourth-order valence-corrected chi connectivity index (χ4v) is 2.10. The molecule has 2 aromatic carbocycles. The number of aliphatic hydroxyl groups excluding tert-OH is 1. The minimum atomic E-state index is -1.06. The summed E-state index contributed by atoms with van der Waals surface area (Å²) in [6.45, 7) is 1.99. The maximum atomic E-state index is 10.8. The van der Waals surface area contributed by atoms with Gasteiger partial charge >= 0.3 is 0 Å². The second-order valence-electron chi connectivity index (χ2n) is 5.00. The Morgan fingerprint density at radius 1 is 1.14 bits per heavy atom. The number of nitrogens with zero attached hydrogens (tertiary/aromatic N) is 2. The van der Waals surface area contributed by atoms with Crippen molar-refractivity contribution < 1.29 is 14.3 Å². The molecule has 22 heavy (non-hydrogen) atoms. The fraction of sp³-hybridized carbons (Fsp3) is 0.118. The molecule has 0 aliphatic rings. The number of rotatable bonds is 4. The maximum absolute atomic E-state index is 10.8. The van der Waals surface area contributed by atoms with E-state index in [-0.39, 0.29) is 5.89 Å². The molecule has 1 heterocycles. The molecule has 1 atom stereocenters. The summed E-state index contributed by atoms with van der Waals surface area (Å²) in [5.41, 5.74) is 2.94. The lowest BCUT2D eigenvalue weighted by atomic mass is 10.1. The van der Waals surface area contributed by atoms with Gasteiger partial charge in [-0.1, -0.05) is 35.9 Å². The van der Waals surface area contributed by atoms with E-state index >= 15 is 0 Å². The highest BCUT2D eigenvalue weighted by Crippen LogP contribution is 2.25. The molecule has 0 fully saturated rings. The van der Waals surface area contributed by atoms with Gasteiger partial charge in [-0.05, 0) is 30.7 Å². The zero-order chi connectivity index (χ0) is 15.5. The summed E-state index contributed by atoms with van der Waals surface area (Å²) in [5, 5.41) is 18.2. The van der Waals surface area contributed by atoms with E-state index in [1.165, 1.54) is 0 Å². The Labute approximate surface area is 127 Å².